The van der Waals surface area contributed by atoms with E-state index in [-0.39, 0.29) is 0 Å². The first kappa shape index (κ1) is 16.8. The summed E-state index contributed by atoms with van der Waals surface area (Å²) in [6.45, 7) is 2.52. The van der Waals surface area contributed by atoms with Gasteiger partial charge in [-0.15, -0.1) is 0 Å². The third-order valence-electron chi connectivity index (χ3n) is 3.96. The first-order chi connectivity index (χ1) is 13.3. The van der Waals surface area contributed by atoms with Crippen molar-refractivity contribution in [2.75, 3.05) is 10.6 Å². The maximum atomic E-state index is 5.12. The van der Waals surface area contributed by atoms with E-state index < -0.39 is 0 Å². The lowest BCUT2D eigenvalue weighted by molar-refractivity contribution is 0.400. The van der Waals surface area contributed by atoms with Gasteiger partial charge in [-0.05, 0) is 12.5 Å². The summed E-state index contributed by atoms with van der Waals surface area (Å²) < 4.78 is 5.12. The van der Waals surface area contributed by atoms with Crippen LogP contribution in [0.4, 0.5) is 17.5 Å². The average molecular weight is 357 g/mol. The van der Waals surface area contributed by atoms with Crippen molar-refractivity contribution in [2.24, 2.45) is 0 Å². The smallest absolute Gasteiger partial charge is 0.175 e. The normalized spacial score (nSPS) is 10.6. The Balaban J connectivity index is 1.63. The molecule has 2 aromatic heterocycles. The number of aryl methyl sites for hydroxylation is 1. The first-order valence-electron chi connectivity index (χ1n) is 8.69. The number of hydrogen-bond donors (Lipinski definition) is 2. The van der Waals surface area contributed by atoms with Crippen LogP contribution in [-0.4, -0.2) is 15.1 Å². The molecule has 0 aliphatic heterocycles. The molecular weight excluding hydrogens is 338 g/mol. The molecule has 4 aromatic rings. The summed E-state index contributed by atoms with van der Waals surface area (Å²) in [5, 5.41) is 10.5. The molecule has 0 amide bonds. The summed E-state index contributed by atoms with van der Waals surface area (Å²) in [6, 6.07) is 23.8. The van der Waals surface area contributed by atoms with E-state index in [0.717, 1.165) is 17.1 Å². The average Bonchev–Trinajstić information content (AvgIpc) is 3.12. The van der Waals surface area contributed by atoms with Gasteiger partial charge >= 0.3 is 0 Å². The number of aromatic nitrogens is 3. The fourth-order valence-electron chi connectivity index (χ4n) is 2.66. The van der Waals surface area contributed by atoms with Gasteiger partial charge < -0.3 is 15.2 Å². The van der Waals surface area contributed by atoms with Crippen molar-refractivity contribution in [1.29, 1.82) is 0 Å². The van der Waals surface area contributed by atoms with E-state index in [1.165, 1.54) is 5.56 Å². The zero-order valence-corrected chi connectivity index (χ0v) is 14.9. The van der Waals surface area contributed by atoms with E-state index in [2.05, 4.69) is 37.9 Å². The molecule has 0 radical (unpaired) electrons. The topological polar surface area (TPSA) is 75.9 Å². The zero-order chi connectivity index (χ0) is 18.5. The molecule has 2 heterocycles. The summed E-state index contributed by atoms with van der Waals surface area (Å²) in [7, 11) is 0. The van der Waals surface area contributed by atoms with Gasteiger partial charge in [0, 0.05) is 24.2 Å². The molecule has 0 aliphatic carbocycles. The van der Waals surface area contributed by atoms with Crippen LogP contribution in [0.1, 0.15) is 11.3 Å². The van der Waals surface area contributed by atoms with E-state index in [1.807, 2.05) is 67.6 Å². The van der Waals surface area contributed by atoms with Gasteiger partial charge in [0.25, 0.3) is 0 Å². The Morgan fingerprint density at radius 1 is 0.815 bits per heavy atom. The number of nitrogens with zero attached hydrogens (tertiary/aromatic N) is 3. The molecule has 0 aliphatic rings. The van der Waals surface area contributed by atoms with Crippen molar-refractivity contribution in [3.8, 4) is 11.4 Å². The number of rotatable bonds is 6. The number of benzene rings is 2. The van der Waals surface area contributed by atoms with Gasteiger partial charge in [-0.1, -0.05) is 65.8 Å². The van der Waals surface area contributed by atoms with Crippen LogP contribution in [0.3, 0.4) is 0 Å². The molecule has 2 aromatic carbocycles. The number of hydrogen-bond acceptors (Lipinski definition) is 6. The lowest BCUT2D eigenvalue weighted by Gasteiger charge is -2.11. The van der Waals surface area contributed by atoms with Crippen LogP contribution >= 0.6 is 0 Å². The molecule has 0 saturated heterocycles. The van der Waals surface area contributed by atoms with Crippen LogP contribution in [0.25, 0.3) is 11.4 Å². The molecule has 2 N–H and O–H groups in total. The maximum absolute atomic E-state index is 5.12. The van der Waals surface area contributed by atoms with Crippen LogP contribution < -0.4 is 10.6 Å². The molecule has 6 nitrogen and oxygen atoms in total. The second-order valence-corrected chi connectivity index (χ2v) is 6.12. The summed E-state index contributed by atoms with van der Waals surface area (Å²) in [5.74, 6) is 3.36. The van der Waals surface area contributed by atoms with Gasteiger partial charge in [0.05, 0.1) is 0 Å². The molecule has 0 spiro atoms. The second kappa shape index (κ2) is 7.70. The summed E-state index contributed by atoms with van der Waals surface area (Å²) in [6.07, 6.45) is 0. The van der Waals surface area contributed by atoms with Crippen molar-refractivity contribution < 1.29 is 4.52 Å². The van der Waals surface area contributed by atoms with Crippen LogP contribution in [0.2, 0.25) is 0 Å². The van der Waals surface area contributed by atoms with Gasteiger partial charge in [0.15, 0.2) is 11.6 Å². The van der Waals surface area contributed by atoms with Gasteiger partial charge in [0.1, 0.15) is 17.4 Å². The van der Waals surface area contributed by atoms with E-state index in [1.54, 1.807) is 0 Å². The minimum atomic E-state index is 0.610. The minimum absolute atomic E-state index is 0.610. The predicted octanol–water partition coefficient (Wildman–Crippen LogP) is 4.80. The first-order valence-corrected chi connectivity index (χ1v) is 8.69. The highest BCUT2D eigenvalue weighted by atomic mass is 16.5. The fourth-order valence-corrected chi connectivity index (χ4v) is 2.66. The van der Waals surface area contributed by atoms with Gasteiger partial charge in [-0.25, -0.2) is 9.97 Å². The monoisotopic (exact) mass is 357 g/mol. The van der Waals surface area contributed by atoms with Crippen LogP contribution in [0.15, 0.2) is 77.3 Å². The molecule has 0 unspecified atom stereocenters. The maximum Gasteiger partial charge on any atom is 0.175 e. The SMILES string of the molecule is Cc1cc(Nc2cc(NCc3ccccc3)nc(-c3ccccc3)n2)no1. The molecule has 0 atom stereocenters. The highest BCUT2D eigenvalue weighted by molar-refractivity contribution is 5.63. The molecular formula is C21H19N5O. The number of anilines is 3. The molecule has 0 bridgehead atoms. The molecule has 0 fully saturated rings. The largest absolute Gasteiger partial charge is 0.366 e. The van der Waals surface area contributed by atoms with Crippen molar-refractivity contribution in [2.45, 2.75) is 13.5 Å². The van der Waals surface area contributed by atoms with Crippen molar-refractivity contribution in [1.82, 2.24) is 15.1 Å². The third-order valence-corrected chi connectivity index (χ3v) is 3.96. The quantitative estimate of drug-likeness (QED) is 0.516. The second-order valence-electron chi connectivity index (χ2n) is 6.12. The Morgan fingerprint density at radius 2 is 1.52 bits per heavy atom. The summed E-state index contributed by atoms with van der Waals surface area (Å²) >= 11 is 0. The Kier molecular flexibility index (Phi) is 4.78. The standard InChI is InChI=1S/C21H19N5O/c1-15-12-20(26-27-15)23-19-13-18(22-14-16-8-4-2-5-9-16)24-21(25-19)17-10-6-3-7-11-17/h2-13H,14H2,1H3,(H2,22,23,24,25,26). The molecule has 4 rings (SSSR count). The summed E-state index contributed by atoms with van der Waals surface area (Å²) in [5.41, 5.74) is 2.12. The van der Waals surface area contributed by atoms with E-state index >= 15 is 0 Å². The predicted molar refractivity (Wildman–Crippen MR) is 106 cm³/mol. The van der Waals surface area contributed by atoms with Gasteiger partial charge in [-0.3, -0.25) is 0 Å². The molecule has 6 heteroatoms. The highest BCUT2D eigenvalue weighted by Crippen LogP contribution is 2.23. The van der Waals surface area contributed by atoms with Crippen molar-refractivity contribution >= 4 is 17.5 Å². The van der Waals surface area contributed by atoms with E-state index in [9.17, 15) is 0 Å². The fraction of sp³-hybridized carbons (Fsp3) is 0.0952. The zero-order valence-electron chi connectivity index (χ0n) is 14.9. The Labute approximate surface area is 157 Å². The highest BCUT2D eigenvalue weighted by Gasteiger charge is 2.09. The van der Waals surface area contributed by atoms with Gasteiger partial charge in [0.2, 0.25) is 0 Å². The lowest BCUT2D eigenvalue weighted by Crippen LogP contribution is -2.05. The van der Waals surface area contributed by atoms with Crippen LogP contribution in [-0.2, 0) is 6.54 Å². The van der Waals surface area contributed by atoms with Gasteiger partial charge in [-0.2, -0.15) is 0 Å². The van der Waals surface area contributed by atoms with Crippen molar-refractivity contribution in [3.63, 3.8) is 0 Å². The van der Waals surface area contributed by atoms with Crippen molar-refractivity contribution in [3.05, 3.63) is 84.1 Å². The van der Waals surface area contributed by atoms with E-state index in [0.29, 0.717) is 24.0 Å². The Morgan fingerprint density at radius 3 is 2.22 bits per heavy atom. The Bertz CT molecular complexity index is 1020. The van der Waals surface area contributed by atoms with Crippen LogP contribution in [0, 0.1) is 6.92 Å². The molecule has 134 valence electrons. The van der Waals surface area contributed by atoms with Crippen LogP contribution in [0.5, 0.6) is 0 Å². The summed E-state index contributed by atoms with van der Waals surface area (Å²) in [4.78, 5) is 9.28. The van der Waals surface area contributed by atoms with E-state index in [4.69, 9.17) is 4.52 Å². The minimum Gasteiger partial charge on any atom is -0.366 e. The number of nitrogens with one attached hydrogen (secondary N) is 2. The Hall–Kier alpha value is -3.67. The molecule has 0 saturated carbocycles. The third kappa shape index (κ3) is 4.30. The molecule has 27 heavy (non-hydrogen) atoms. The lowest BCUT2D eigenvalue weighted by atomic mass is 10.2.